The van der Waals surface area contributed by atoms with Gasteiger partial charge in [-0.2, -0.15) is 0 Å². The van der Waals surface area contributed by atoms with Crippen molar-refractivity contribution in [3.63, 3.8) is 0 Å². The highest BCUT2D eigenvalue weighted by Gasteiger charge is 2.11. The first-order chi connectivity index (χ1) is 11.1. The second-order valence-corrected chi connectivity index (χ2v) is 5.45. The topological polar surface area (TPSA) is 63.6 Å². The van der Waals surface area contributed by atoms with Gasteiger partial charge in [-0.25, -0.2) is 0 Å². The van der Waals surface area contributed by atoms with Crippen molar-refractivity contribution in [2.75, 3.05) is 12.4 Å². The third-order valence-electron chi connectivity index (χ3n) is 2.99. The van der Waals surface area contributed by atoms with Gasteiger partial charge in [0.05, 0.1) is 27.6 Å². The van der Waals surface area contributed by atoms with E-state index in [0.717, 1.165) is 5.56 Å². The molecule has 0 atom stereocenters. The van der Waals surface area contributed by atoms with E-state index in [1.165, 1.54) is 7.11 Å². The fraction of sp³-hybridized carbons (Fsp3) is 0.188. The minimum Gasteiger partial charge on any atom is -0.399 e. The molecule has 0 saturated heterocycles. The molecule has 2 aromatic rings. The molecule has 0 aliphatic heterocycles. The molecule has 1 aromatic carbocycles. The Kier molecular flexibility index (Phi) is 6.38. The van der Waals surface area contributed by atoms with Gasteiger partial charge in [-0.3, -0.25) is 9.78 Å². The number of carbonyl (C=O) groups is 1. The van der Waals surface area contributed by atoms with Crippen molar-refractivity contribution in [2.24, 2.45) is 5.16 Å². The lowest BCUT2D eigenvalue weighted by Crippen LogP contribution is -2.14. The smallest absolute Gasteiger partial charge is 0.224 e. The molecule has 5 nitrogen and oxygen atoms in total. The van der Waals surface area contributed by atoms with Crippen LogP contribution in [-0.2, 0) is 9.63 Å². The molecule has 7 heteroatoms. The van der Waals surface area contributed by atoms with Crippen molar-refractivity contribution >= 4 is 40.5 Å². The number of hydrogen-bond donors (Lipinski definition) is 1. The van der Waals surface area contributed by atoms with Gasteiger partial charge in [0.1, 0.15) is 7.11 Å². The molecule has 0 saturated carbocycles. The Labute approximate surface area is 144 Å². The zero-order chi connectivity index (χ0) is 16.7. The number of anilines is 1. The minimum atomic E-state index is -0.137. The second-order valence-electron chi connectivity index (χ2n) is 4.64. The van der Waals surface area contributed by atoms with E-state index in [1.807, 2.05) is 0 Å². The molecule has 2 rings (SSSR count). The highest BCUT2D eigenvalue weighted by molar-refractivity contribution is 6.42. The summed E-state index contributed by atoms with van der Waals surface area (Å²) in [4.78, 5) is 20.8. The molecule has 1 N–H and O–H groups in total. The van der Waals surface area contributed by atoms with Crippen LogP contribution in [0.15, 0.2) is 47.9 Å². The van der Waals surface area contributed by atoms with E-state index < -0.39 is 0 Å². The van der Waals surface area contributed by atoms with Crippen molar-refractivity contribution in [3.8, 4) is 0 Å². The zero-order valence-electron chi connectivity index (χ0n) is 12.4. The van der Waals surface area contributed by atoms with Crippen LogP contribution in [0.25, 0.3) is 0 Å². The van der Waals surface area contributed by atoms with E-state index in [0.29, 0.717) is 27.9 Å². The van der Waals surface area contributed by atoms with Gasteiger partial charge in [0, 0.05) is 24.6 Å². The van der Waals surface area contributed by atoms with E-state index in [-0.39, 0.29) is 12.3 Å². The molecule has 1 aromatic heterocycles. The minimum absolute atomic E-state index is 0.137. The lowest BCUT2D eigenvalue weighted by atomic mass is 10.1. The monoisotopic (exact) mass is 351 g/mol. The number of aromatic nitrogens is 1. The summed E-state index contributed by atoms with van der Waals surface area (Å²) >= 11 is 11.9. The summed E-state index contributed by atoms with van der Waals surface area (Å²) in [6.07, 6.45) is 3.87. The normalized spacial score (nSPS) is 11.2. The van der Waals surface area contributed by atoms with Crippen LogP contribution in [0.5, 0.6) is 0 Å². The van der Waals surface area contributed by atoms with Crippen molar-refractivity contribution in [2.45, 2.75) is 12.8 Å². The molecular formula is C16H15Cl2N3O2. The lowest BCUT2D eigenvalue weighted by Gasteiger charge is -2.08. The van der Waals surface area contributed by atoms with E-state index >= 15 is 0 Å². The first-order valence-corrected chi connectivity index (χ1v) is 7.61. The number of oxime groups is 1. The molecule has 0 spiro atoms. The van der Waals surface area contributed by atoms with Crippen LogP contribution < -0.4 is 5.32 Å². The number of nitrogens with zero attached hydrogens (tertiary/aromatic N) is 2. The van der Waals surface area contributed by atoms with Gasteiger partial charge in [0.2, 0.25) is 5.91 Å². The summed E-state index contributed by atoms with van der Waals surface area (Å²) in [7, 11) is 1.45. The quantitative estimate of drug-likeness (QED) is 0.627. The lowest BCUT2D eigenvalue weighted by molar-refractivity contribution is -0.116. The van der Waals surface area contributed by atoms with Gasteiger partial charge in [0.25, 0.3) is 0 Å². The van der Waals surface area contributed by atoms with Gasteiger partial charge >= 0.3 is 0 Å². The van der Waals surface area contributed by atoms with Gasteiger partial charge in [-0.15, -0.1) is 0 Å². The van der Waals surface area contributed by atoms with Gasteiger partial charge < -0.3 is 10.2 Å². The fourth-order valence-corrected chi connectivity index (χ4v) is 2.22. The van der Waals surface area contributed by atoms with Crippen LogP contribution in [0, 0.1) is 0 Å². The number of carbonyl (C=O) groups excluding carboxylic acids is 1. The van der Waals surface area contributed by atoms with Crippen LogP contribution in [0.4, 0.5) is 5.69 Å². The fourth-order valence-electron chi connectivity index (χ4n) is 1.92. The van der Waals surface area contributed by atoms with Crippen LogP contribution >= 0.6 is 23.2 Å². The maximum absolute atomic E-state index is 12.0. The Hall–Kier alpha value is -2.11. The molecule has 0 unspecified atom stereocenters. The Balaban J connectivity index is 2.01. The summed E-state index contributed by atoms with van der Waals surface area (Å²) in [6, 6.07) is 8.68. The predicted molar refractivity (Wildman–Crippen MR) is 92.1 cm³/mol. The van der Waals surface area contributed by atoms with Gasteiger partial charge in [-0.1, -0.05) is 34.4 Å². The molecule has 0 aliphatic rings. The molecule has 0 radical (unpaired) electrons. The second kappa shape index (κ2) is 8.50. The number of nitrogens with one attached hydrogen (secondary N) is 1. The number of benzene rings is 1. The molecule has 120 valence electrons. The summed E-state index contributed by atoms with van der Waals surface area (Å²) in [5.74, 6) is -0.137. The Bertz CT molecular complexity index is 706. The van der Waals surface area contributed by atoms with Crippen LogP contribution in [0.1, 0.15) is 18.4 Å². The SMILES string of the molecule is CO/N=C(\CCC(=O)Nc1cccnc1)c1ccc(Cl)c(Cl)c1. The summed E-state index contributed by atoms with van der Waals surface area (Å²) < 4.78 is 0. The predicted octanol–water partition coefficient (Wildman–Crippen LogP) is 4.16. The highest BCUT2D eigenvalue weighted by Crippen LogP contribution is 2.23. The first-order valence-electron chi connectivity index (χ1n) is 6.85. The summed E-state index contributed by atoms with van der Waals surface area (Å²) in [6.45, 7) is 0. The maximum atomic E-state index is 12.0. The maximum Gasteiger partial charge on any atom is 0.224 e. The van der Waals surface area contributed by atoms with E-state index in [2.05, 4.69) is 15.5 Å². The van der Waals surface area contributed by atoms with E-state index in [9.17, 15) is 4.79 Å². The number of hydrogen-bond acceptors (Lipinski definition) is 4. The zero-order valence-corrected chi connectivity index (χ0v) is 13.9. The van der Waals surface area contributed by atoms with E-state index in [1.54, 1.807) is 42.7 Å². The van der Waals surface area contributed by atoms with Crippen molar-refractivity contribution in [3.05, 3.63) is 58.3 Å². The molecule has 0 fully saturated rings. The Morgan fingerprint density at radius 2 is 2.09 bits per heavy atom. The average Bonchev–Trinajstić information content (AvgIpc) is 2.55. The van der Waals surface area contributed by atoms with Crippen molar-refractivity contribution < 1.29 is 9.63 Å². The summed E-state index contributed by atoms with van der Waals surface area (Å²) in [5.41, 5.74) is 2.03. The number of halogens is 2. The molecule has 1 amide bonds. The van der Waals surface area contributed by atoms with Gasteiger partial charge in [-0.05, 0) is 24.3 Å². The third kappa shape index (κ3) is 5.23. The van der Waals surface area contributed by atoms with Crippen molar-refractivity contribution in [1.82, 2.24) is 4.98 Å². The molecule has 23 heavy (non-hydrogen) atoms. The largest absolute Gasteiger partial charge is 0.399 e. The Morgan fingerprint density at radius 3 is 2.74 bits per heavy atom. The molecular weight excluding hydrogens is 337 g/mol. The first kappa shape index (κ1) is 17.2. The van der Waals surface area contributed by atoms with E-state index in [4.69, 9.17) is 28.0 Å². The van der Waals surface area contributed by atoms with Crippen LogP contribution in [0.3, 0.4) is 0 Å². The highest BCUT2D eigenvalue weighted by atomic mass is 35.5. The third-order valence-corrected chi connectivity index (χ3v) is 3.73. The van der Waals surface area contributed by atoms with Crippen LogP contribution in [0.2, 0.25) is 10.0 Å². The number of amides is 1. The van der Waals surface area contributed by atoms with Crippen molar-refractivity contribution in [1.29, 1.82) is 0 Å². The number of pyridine rings is 1. The van der Waals surface area contributed by atoms with Gasteiger partial charge in [0.15, 0.2) is 0 Å². The molecule has 0 bridgehead atoms. The number of rotatable bonds is 6. The summed E-state index contributed by atoms with van der Waals surface area (Å²) in [5, 5.41) is 7.62. The molecule has 0 aliphatic carbocycles. The average molecular weight is 352 g/mol. The Morgan fingerprint density at radius 1 is 1.26 bits per heavy atom. The van der Waals surface area contributed by atoms with Crippen LogP contribution in [-0.4, -0.2) is 23.7 Å². The molecule has 1 heterocycles. The standard InChI is InChI=1S/C16H15Cl2N3O2/c1-23-21-15(11-4-5-13(17)14(18)9-11)6-7-16(22)20-12-3-2-8-19-10-12/h2-5,8-10H,6-7H2,1H3,(H,20,22)/b21-15+.